The summed E-state index contributed by atoms with van der Waals surface area (Å²) in [5.74, 6) is -1.04. The van der Waals surface area contributed by atoms with Gasteiger partial charge < -0.3 is 10.5 Å². The molecule has 2 fully saturated rings. The van der Waals surface area contributed by atoms with Gasteiger partial charge in [-0.15, -0.1) is 0 Å². The highest BCUT2D eigenvalue weighted by Crippen LogP contribution is 2.26. The summed E-state index contributed by atoms with van der Waals surface area (Å²) in [6.45, 7) is 5.64. The average molecular weight is 283 g/mol. The van der Waals surface area contributed by atoms with Crippen molar-refractivity contribution in [2.75, 3.05) is 6.54 Å². The van der Waals surface area contributed by atoms with Crippen molar-refractivity contribution in [3.8, 4) is 0 Å². The summed E-state index contributed by atoms with van der Waals surface area (Å²) in [6.07, 6.45) is 0.926. The van der Waals surface area contributed by atoms with Gasteiger partial charge in [0.15, 0.2) is 6.04 Å². The highest BCUT2D eigenvalue weighted by atomic mass is 16.6. The zero-order valence-corrected chi connectivity index (χ0v) is 12.1. The van der Waals surface area contributed by atoms with Crippen LogP contribution in [0.5, 0.6) is 0 Å². The summed E-state index contributed by atoms with van der Waals surface area (Å²) < 4.78 is 5.32. The molecule has 0 aromatic rings. The molecule has 0 bridgehead atoms. The quantitative estimate of drug-likeness (QED) is 0.672. The average Bonchev–Trinajstić information content (AvgIpc) is 2.73. The minimum absolute atomic E-state index is 0.169. The van der Waals surface area contributed by atoms with Crippen molar-refractivity contribution >= 4 is 17.8 Å². The second-order valence-corrected chi connectivity index (χ2v) is 6.18. The number of carbonyl (C=O) groups excluding carboxylic acids is 3. The molecule has 0 aromatic carbocycles. The fourth-order valence-electron chi connectivity index (χ4n) is 2.45. The van der Waals surface area contributed by atoms with Gasteiger partial charge in [-0.05, 0) is 27.2 Å². The molecule has 2 amide bonds. The van der Waals surface area contributed by atoms with Gasteiger partial charge in [-0.2, -0.15) is 0 Å². The Hall–Kier alpha value is -1.63. The lowest BCUT2D eigenvalue weighted by Crippen LogP contribution is -2.54. The number of rotatable bonds is 1. The first-order chi connectivity index (χ1) is 9.20. The van der Waals surface area contributed by atoms with E-state index in [-0.39, 0.29) is 18.2 Å². The maximum atomic E-state index is 12.3. The molecule has 7 nitrogen and oxygen atoms in total. The Balaban J connectivity index is 2.22. The smallest absolute Gasteiger partial charge is 0.331 e. The molecule has 2 saturated heterocycles. The molecule has 0 spiro atoms. The van der Waals surface area contributed by atoms with Gasteiger partial charge >= 0.3 is 5.97 Å². The van der Waals surface area contributed by atoms with Gasteiger partial charge in [0.2, 0.25) is 5.91 Å². The van der Waals surface area contributed by atoms with Gasteiger partial charge in [0, 0.05) is 19.4 Å². The van der Waals surface area contributed by atoms with Crippen molar-refractivity contribution in [1.82, 2.24) is 10.0 Å². The number of hydrazine groups is 1. The van der Waals surface area contributed by atoms with E-state index in [9.17, 15) is 14.4 Å². The standard InChI is InChI=1S/C13H21N3O4/c1-13(2,3)20-12(19)9-6-7-15-10(17)5-4-8(14)11(18)16(9)15/h8-9H,4-7,14H2,1-3H3/t8-,9-/m0/s1. The van der Waals surface area contributed by atoms with Crippen molar-refractivity contribution in [3.63, 3.8) is 0 Å². The van der Waals surface area contributed by atoms with Crippen LogP contribution < -0.4 is 5.73 Å². The summed E-state index contributed by atoms with van der Waals surface area (Å²) in [7, 11) is 0. The Bertz CT molecular complexity index is 443. The van der Waals surface area contributed by atoms with Crippen molar-refractivity contribution in [1.29, 1.82) is 0 Å². The second-order valence-electron chi connectivity index (χ2n) is 6.18. The zero-order chi connectivity index (χ0) is 15.1. The Labute approximate surface area is 118 Å². The molecular formula is C13H21N3O4. The summed E-state index contributed by atoms with van der Waals surface area (Å²) in [5, 5.41) is 2.54. The van der Waals surface area contributed by atoms with Gasteiger partial charge in [0.1, 0.15) is 5.60 Å². The molecule has 2 rings (SSSR count). The Morgan fingerprint density at radius 2 is 1.95 bits per heavy atom. The number of nitrogens with zero attached hydrogens (tertiary/aromatic N) is 2. The molecule has 0 aliphatic carbocycles. The lowest BCUT2D eigenvalue weighted by Gasteiger charge is -2.31. The number of esters is 1. The maximum absolute atomic E-state index is 12.3. The van der Waals surface area contributed by atoms with Crippen LogP contribution in [-0.4, -0.2) is 52.0 Å². The van der Waals surface area contributed by atoms with Crippen molar-refractivity contribution < 1.29 is 19.1 Å². The third-order valence-electron chi connectivity index (χ3n) is 3.35. The van der Waals surface area contributed by atoms with Crippen LogP contribution in [0.3, 0.4) is 0 Å². The number of hydrogen-bond acceptors (Lipinski definition) is 5. The van der Waals surface area contributed by atoms with Crippen LogP contribution in [-0.2, 0) is 19.1 Å². The van der Waals surface area contributed by atoms with Gasteiger partial charge in [-0.25, -0.2) is 9.80 Å². The Kier molecular flexibility index (Phi) is 3.73. The molecular weight excluding hydrogens is 262 g/mol. The summed E-state index contributed by atoms with van der Waals surface area (Å²) >= 11 is 0. The molecule has 2 N–H and O–H groups in total. The molecule has 0 aromatic heterocycles. The van der Waals surface area contributed by atoms with E-state index in [1.165, 1.54) is 10.0 Å². The summed E-state index contributed by atoms with van der Waals surface area (Å²) in [4.78, 5) is 36.4. The fraction of sp³-hybridized carbons (Fsp3) is 0.769. The zero-order valence-electron chi connectivity index (χ0n) is 12.1. The van der Waals surface area contributed by atoms with E-state index in [4.69, 9.17) is 10.5 Å². The van der Waals surface area contributed by atoms with E-state index in [1.54, 1.807) is 20.8 Å². The maximum Gasteiger partial charge on any atom is 0.331 e. The van der Waals surface area contributed by atoms with Crippen LogP contribution in [0.25, 0.3) is 0 Å². The van der Waals surface area contributed by atoms with E-state index in [0.717, 1.165) is 0 Å². The monoisotopic (exact) mass is 283 g/mol. The number of amides is 2. The van der Waals surface area contributed by atoms with Crippen molar-refractivity contribution in [2.45, 2.75) is 57.7 Å². The third kappa shape index (κ3) is 2.77. The fourth-order valence-corrected chi connectivity index (χ4v) is 2.45. The first kappa shape index (κ1) is 14.8. The van der Waals surface area contributed by atoms with Gasteiger partial charge in [-0.3, -0.25) is 14.6 Å². The molecule has 112 valence electrons. The van der Waals surface area contributed by atoms with Gasteiger partial charge in [0.05, 0.1) is 6.04 Å². The lowest BCUT2D eigenvalue weighted by atomic mass is 10.1. The first-order valence-corrected chi connectivity index (χ1v) is 6.82. The molecule has 2 aliphatic rings. The van der Waals surface area contributed by atoms with Crippen LogP contribution >= 0.6 is 0 Å². The lowest BCUT2D eigenvalue weighted by molar-refractivity contribution is -0.173. The molecule has 7 heteroatoms. The van der Waals surface area contributed by atoms with Gasteiger partial charge in [-0.1, -0.05) is 0 Å². The van der Waals surface area contributed by atoms with Crippen LogP contribution in [0.15, 0.2) is 0 Å². The number of nitrogens with two attached hydrogens (primary N) is 1. The highest BCUT2D eigenvalue weighted by Gasteiger charge is 2.46. The summed E-state index contributed by atoms with van der Waals surface area (Å²) in [6, 6.07) is -1.50. The van der Waals surface area contributed by atoms with E-state index in [0.29, 0.717) is 19.4 Å². The largest absolute Gasteiger partial charge is 0.458 e. The number of carbonyl (C=O) groups is 3. The number of hydrogen-bond donors (Lipinski definition) is 1. The molecule has 0 unspecified atom stereocenters. The second kappa shape index (κ2) is 5.05. The molecule has 2 aliphatic heterocycles. The topological polar surface area (TPSA) is 92.9 Å². The molecule has 2 heterocycles. The van der Waals surface area contributed by atoms with E-state index in [2.05, 4.69) is 0 Å². The molecule has 2 atom stereocenters. The van der Waals surface area contributed by atoms with Crippen LogP contribution in [0.1, 0.15) is 40.0 Å². The van der Waals surface area contributed by atoms with E-state index >= 15 is 0 Å². The van der Waals surface area contributed by atoms with Crippen molar-refractivity contribution in [2.24, 2.45) is 5.73 Å². The van der Waals surface area contributed by atoms with E-state index in [1.807, 2.05) is 0 Å². The van der Waals surface area contributed by atoms with E-state index < -0.39 is 23.7 Å². The Morgan fingerprint density at radius 3 is 2.55 bits per heavy atom. The van der Waals surface area contributed by atoms with Crippen LogP contribution in [0.2, 0.25) is 0 Å². The predicted molar refractivity (Wildman–Crippen MR) is 70.0 cm³/mol. The molecule has 0 saturated carbocycles. The minimum Gasteiger partial charge on any atom is -0.458 e. The number of ether oxygens (including phenoxy) is 1. The normalized spacial score (nSPS) is 27.4. The van der Waals surface area contributed by atoms with Crippen LogP contribution in [0.4, 0.5) is 0 Å². The Morgan fingerprint density at radius 1 is 1.30 bits per heavy atom. The summed E-state index contributed by atoms with van der Waals surface area (Å²) in [5.41, 5.74) is 5.13. The third-order valence-corrected chi connectivity index (χ3v) is 3.35. The van der Waals surface area contributed by atoms with Crippen LogP contribution in [0, 0.1) is 0 Å². The first-order valence-electron chi connectivity index (χ1n) is 6.82. The van der Waals surface area contributed by atoms with Gasteiger partial charge in [0.25, 0.3) is 5.91 Å². The number of fused-ring (bicyclic) bond motifs is 1. The molecule has 0 radical (unpaired) electrons. The SMILES string of the molecule is CC(C)(C)OC(=O)[C@@H]1CCN2C(=O)CC[C@H](N)C(=O)N12. The predicted octanol–water partition coefficient (Wildman–Crippen LogP) is -0.206. The minimum atomic E-state index is -0.755. The molecule has 20 heavy (non-hydrogen) atoms. The van der Waals surface area contributed by atoms with Crippen molar-refractivity contribution in [3.05, 3.63) is 0 Å². The highest BCUT2D eigenvalue weighted by molar-refractivity contribution is 5.92.